The first kappa shape index (κ1) is 19.9. The van der Waals surface area contributed by atoms with Gasteiger partial charge >= 0.3 is 0 Å². The summed E-state index contributed by atoms with van der Waals surface area (Å²) in [6.45, 7) is 2.15. The van der Waals surface area contributed by atoms with Crippen LogP contribution in [0.3, 0.4) is 0 Å². The SMILES string of the molecule is Cc1ccc2c(c1)c(C(C#Cc1ccccc1)(c1ccccc1)c1ccccc1)cn2C. The lowest BCUT2D eigenvalue weighted by molar-refractivity contribution is 0.806. The van der Waals surface area contributed by atoms with Gasteiger partial charge in [-0.15, -0.1) is 0 Å². The Morgan fingerprint density at radius 1 is 0.688 bits per heavy atom. The Labute approximate surface area is 190 Å². The third-order valence-corrected chi connectivity index (χ3v) is 6.13. The lowest BCUT2D eigenvalue weighted by Crippen LogP contribution is -2.27. The van der Waals surface area contributed by atoms with Crippen LogP contribution in [0.2, 0.25) is 0 Å². The topological polar surface area (TPSA) is 4.93 Å². The number of benzene rings is 4. The van der Waals surface area contributed by atoms with Gasteiger partial charge in [0.2, 0.25) is 0 Å². The second-order valence-corrected chi connectivity index (χ2v) is 8.27. The van der Waals surface area contributed by atoms with Crippen LogP contribution in [0, 0.1) is 18.8 Å². The van der Waals surface area contributed by atoms with E-state index in [9.17, 15) is 0 Å². The number of aromatic nitrogens is 1. The highest BCUT2D eigenvalue weighted by atomic mass is 14.9. The van der Waals surface area contributed by atoms with Gasteiger partial charge in [-0.3, -0.25) is 0 Å². The van der Waals surface area contributed by atoms with Gasteiger partial charge in [0.15, 0.2) is 0 Å². The maximum atomic E-state index is 3.76. The molecule has 0 bridgehead atoms. The lowest BCUT2D eigenvalue weighted by Gasteiger charge is -2.30. The summed E-state index contributed by atoms with van der Waals surface area (Å²) in [5.41, 5.74) is 6.41. The summed E-state index contributed by atoms with van der Waals surface area (Å²) in [5.74, 6) is 7.27. The van der Waals surface area contributed by atoms with E-state index in [1.807, 2.05) is 18.2 Å². The highest BCUT2D eigenvalue weighted by Crippen LogP contribution is 2.43. The summed E-state index contributed by atoms with van der Waals surface area (Å²) in [6, 6.07) is 38.3. The van der Waals surface area contributed by atoms with Crippen LogP contribution in [0.5, 0.6) is 0 Å². The first-order valence-electron chi connectivity index (χ1n) is 10.9. The van der Waals surface area contributed by atoms with Crippen molar-refractivity contribution in [2.75, 3.05) is 0 Å². The molecule has 5 aromatic rings. The van der Waals surface area contributed by atoms with Crippen molar-refractivity contribution < 1.29 is 0 Å². The van der Waals surface area contributed by atoms with Crippen LogP contribution >= 0.6 is 0 Å². The molecule has 0 unspecified atom stereocenters. The number of rotatable bonds is 3. The van der Waals surface area contributed by atoms with Crippen molar-refractivity contribution in [1.29, 1.82) is 0 Å². The van der Waals surface area contributed by atoms with Gasteiger partial charge < -0.3 is 4.57 Å². The number of hydrogen-bond donors (Lipinski definition) is 0. The van der Waals surface area contributed by atoms with Crippen molar-refractivity contribution in [3.05, 3.63) is 143 Å². The molecule has 154 valence electrons. The van der Waals surface area contributed by atoms with Crippen molar-refractivity contribution in [3.8, 4) is 11.8 Å². The zero-order valence-electron chi connectivity index (χ0n) is 18.4. The van der Waals surface area contributed by atoms with Gasteiger partial charge in [-0.1, -0.05) is 102 Å². The zero-order chi connectivity index (χ0) is 22.0. The molecule has 0 atom stereocenters. The summed E-state index contributed by atoms with van der Waals surface area (Å²) in [5, 5.41) is 1.24. The fourth-order valence-electron chi connectivity index (χ4n) is 4.56. The van der Waals surface area contributed by atoms with E-state index in [-0.39, 0.29) is 0 Å². The molecular weight excluding hydrogens is 386 g/mol. The predicted octanol–water partition coefficient (Wildman–Crippen LogP) is 6.87. The van der Waals surface area contributed by atoms with Crippen LogP contribution < -0.4 is 0 Å². The Morgan fingerprint density at radius 2 is 1.25 bits per heavy atom. The number of hydrogen-bond acceptors (Lipinski definition) is 0. The maximum Gasteiger partial charge on any atom is 0.109 e. The third kappa shape index (κ3) is 3.41. The molecule has 0 N–H and O–H groups in total. The zero-order valence-corrected chi connectivity index (χ0v) is 18.4. The Bertz CT molecular complexity index is 1380. The van der Waals surface area contributed by atoms with Gasteiger partial charge in [-0.25, -0.2) is 0 Å². The molecule has 5 rings (SSSR count). The molecule has 0 saturated carbocycles. The average Bonchev–Trinajstić information content (AvgIpc) is 3.17. The molecule has 32 heavy (non-hydrogen) atoms. The largest absolute Gasteiger partial charge is 0.350 e. The van der Waals surface area contributed by atoms with Crippen molar-refractivity contribution in [2.45, 2.75) is 12.3 Å². The average molecular weight is 412 g/mol. The van der Waals surface area contributed by atoms with Crippen LogP contribution in [-0.2, 0) is 12.5 Å². The van der Waals surface area contributed by atoms with Crippen LogP contribution in [-0.4, -0.2) is 4.57 Å². The minimum absolute atomic E-state index is 0.605. The van der Waals surface area contributed by atoms with Gasteiger partial charge in [0.25, 0.3) is 0 Å². The first-order chi connectivity index (χ1) is 15.7. The Hall–Kier alpha value is -4.02. The second-order valence-electron chi connectivity index (χ2n) is 8.27. The van der Waals surface area contributed by atoms with Gasteiger partial charge in [0.1, 0.15) is 5.41 Å². The standard InChI is InChI=1S/C31H25N/c1-24-18-19-30-28(22-24)29(23-32(30)2)31(26-14-8-4-9-15-26,27-16-10-5-11-17-27)21-20-25-12-6-3-7-13-25/h3-19,22-23H,1-2H3. The smallest absolute Gasteiger partial charge is 0.109 e. The molecule has 0 amide bonds. The molecule has 0 radical (unpaired) electrons. The molecule has 0 saturated heterocycles. The van der Waals surface area contributed by atoms with Crippen LogP contribution in [0.25, 0.3) is 10.9 Å². The van der Waals surface area contributed by atoms with E-state index in [1.165, 1.54) is 33.2 Å². The molecule has 0 aliphatic carbocycles. The Kier molecular flexibility index (Phi) is 5.13. The van der Waals surface area contributed by atoms with Gasteiger partial charge in [-0.2, -0.15) is 0 Å². The molecule has 1 heterocycles. The number of aryl methyl sites for hydroxylation is 2. The highest BCUT2D eigenvalue weighted by Gasteiger charge is 2.37. The summed E-state index contributed by atoms with van der Waals surface area (Å²) in [7, 11) is 2.12. The maximum absolute atomic E-state index is 3.76. The summed E-state index contributed by atoms with van der Waals surface area (Å²) in [4.78, 5) is 0. The minimum Gasteiger partial charge on any atom is -0.350 e. The normalized spacial score (nSPS) is 11.2. The summed E-state index contributed by atoms with van der Waals surface area (Å²) in [6.07, 6.45) is 2.25. The predicted molar refractivity (Wildman–Crippen MR) is 134 cm³/mol. The summed E-state index contributed by atoms with van der Waals surface area (Å²) < 4.78 is 2.22. The van der Waals surface area contributed by atoms with E-state index >= 15 is 0 Å². The quantitative estimate of drug-likeness (QED) is 0.285. The molecule has 1 nitrogen and oxygen atoms in total. The van der Waals surface area contributed by atoms with E-state index < -0.39 is 5.41 Å². The van der Waals surface area contributed by atoms with Crippen LogP contribution in [0.4, 0.5) is 0 Å². The third-order valence-electron chi connectivity index (χ3n) is 6.13. The van der Waals surface area contributed by atoms with Crippen LogP contribution in [0.15, 0.2) is 115 Å². The Morgan fingerprint density at radius 3 is 1.84 bits per heavy atom. The van der Waals surface area contributed by atoms with Gasteiger partial charge in [-0.05, 0) is 42.3 Å². The Balaban J connectivity index is 1.92. The van der Waals surface area contributed by atoms with Crippen molar-refractivity contribution in [2.24, 2.45) is 7.05 Å². The molecule has 4 aromatic carbocycles. The van der Waals surface area contributed by atoms with E-state index in [0.717, 1.165) is 5.56 Å². The first-order valence-corrected chi connectivity index (χ1v) is 10.9. The van der Waals surface area contributed by atoms with E-state index in [0.29, 0.717) is 0 Å². The second kappa shape index (κ2) is 8.25. The van der Waals surface area contributed by atoms with Crippen molar-refractivity contribution in [1.82, 2.24) is 4.57 Å². The lowest BCUT2D eigenvalue weighted by atomic mass is 9.69. The molecule has 0 aliphatic rings. The van der Waals surface area contributed by atoms with Crippen molar-refractivity contribution >= 4 is 10.9 Å². The fourth-order valence-corrected chi connectivity index (χ4v) is 4.56. The molecule has 0 fully saturated rings. The minimum atomic E-state index is -0.605. The molecule has 0 spiro atoms. The number of fused-ring (bicyclic) bond motifs is 1. The monoisotopic (exact) mass is 411 g/mol. The van der Waals surface area contributed by atoms with Crippen LogP contribution in [0.1, 0.15) is 27.8 Å². The molecule has 1 heteroatoms. The van der Waals surface area contributed by atoms with E-state index in [2.05, 4.69) is 128 Å². The van der Waals surface area contributed by atoms with E-state index in [4.69, 9.17) is 0 Å². The van der Waals surface area contributed by atoms with Gasteiger partial charge in [0, 0.05) is 35.3 Å². The van der Waals surface area contributed by atoms with E-state index in [1.54, 1.807) is 0 Å². The van der Waals surface area contributed by atoms with Gasteiger partial charge in [0.05, 0.1) is 0 Å². The summed E-state index contributed by atoms with van der Waals surface area (Å²) >= 11 is 0. The molecule has 0 aliphatic heterocycles. The molecular formula is C31H25N. The number of nitrogens with zero attached hydrogens (tertiary/aromatic N) is 1. The fraction of sp³-hybridized carbons (Fsp3) is 0.0968. The van der Waals surface area contributed by atoms with Crippen molar-refractivity contribution in [3.63, 3.8) is 0 Å². The highest BCUT2D eigenvalue weighted by molar-refractivity contribution is 5.88. The molecule has 1 aromatic heterocycles.